The monoisotopic (exact) mass is 257 g/mol. The summed E-state index contributed by atoms with van der Waals surface area (Å²) in [4.78, 5) is 4.32. The summed E-state index contributed by atoms with van der Waals surface area (Å²) in [5.74, 6) is 0.936. The summed E-state index contributed by atoms with van der Waals surface area (Å²) in [6, 6.07) is 8.47. The molecule has 1 aliphatic carbocycles. The summed E-state index contributed by atoms with van der Waals surface area (Å²) < 4.78 is 1.80. The van der Waals surface area contributed by atoms with E-state index in [9.17, 15) is 5.11 Å². The van der Waals surface area contributed by atoms with Crippen LogP contribution in [0.3, 0.4) is 0 Å². The van der Waals surface area contributed by atoms with E-state index in [1.807, 2.05) is 7.05 Å². The lowest BCUT2D eigenvalue weighted by Gasteiger charge is -2.37. The first-order valence-electron chi connectivity index (χ1n) is 6.77. The molecule has 0 spiro atoms. The van der Waals surface area contributed by atoms with E-state index in [0.717, 1.165) is 31.5 Å². The topological polar surface area (TPSA) is 50.9 Å². The molecule has 0 fully saturated rings. The zero-order chi connectivity index (χ0) is 13.3. The van der Waals surface area contributed by atoms with Crippen molar-refractivity contribution in [1.29, 1.82) is 0 Å². The number of hydrogen-bond donors (Lipinski definition) is 1. The molecule has 1 heterocycles. The first-order valence-corrected chi connectivity index (χ1v) is 6.77. The van der Waals surface area contributed by atoms with Crippen LogP contribution < -0.4 is 0 Å². The van der Waals surface area contributed by atoms with Crippen molar-refractivity contribution in [3.8, 4) is 0 Å². The van der Waals surface area contributed by atoms with Crippen LogP contribution in [-0.2, 0) is 25.3 Å². The van der Waals surface area contributed by atoms with E-state index in [2.05, 4.69) is 34.3 Å². The van der Waals surface area contributed by atoms with Crippen molar-refractivity contribution in [2.24, 2.45) is 7.05 Å². The normalized spacial score (nSPS) is 22.2. The van der Waals surface area contributed by atoms with Crippen molar-refractivity contribution in [2.75, 3.05) is 6.61 Å². The standard InChI is InChI=1S/C15H19N3O/c1-18-14(16-11-17-18)9-15(10-19)8-4-6-12-5-2-3-7-13(12)15/h2-3,5,7,11,19H,4,6,8-10H2,1H3. The number of aliphatic hydroxyl groups is 1. The molecule has 0 radical (unpaired) electrons. The second kappa shape index (κ2) is 4.78. The molecule has 1 atom stereocenters. The number of benzene rings is 1. The molecule has 0 bridgehead atoms. The Balaban J connectivity index is 2.03. The molecule has 100 valence electrons. The minimum absolute atomic E-state index is 0.164. The van der Waals surface area contributed by atoms with Crippen LogP contribution in [0.5, 0.6) is 0 Å². The van der Waals surface area contributed by atoms with Crippen LogP contribution in [-0.4, -0.2) is 26.5 Å². The van der Waals surface area contributed by atoms with Gasteiger partial charge in [-0.2, -0.15) is 5.10 Å². The van der Waals surface area contributed by atoms with Gasteiger partial charge < -0.3 is 5.11 Å². The van der Waals surface area contributed by atoms with Crippen molar-refractivity contribution >= 4 is 0 Å². The molecular formula is C15H19N3O. The number of fused-ring (bicyclic) bond motifs is 1. The molecular weight excluding hydrogens is 238 g/mol. The van der Waals surface area contributed by atoms with Crippen LogP contribution in [0.25, 0.3) is 0 Å². The van der Waals surface area contributed by atoms with E-state index in [-0.39, 0.29) is 12.0 Å². The van der Waals surface area contributed by atoms with Crippen molar-refractivity contribution in [2.45, 2.75) is 31.1 Å². The molecule has 4 heteroatoms. The Bertz CT molecular complexity index is 578. The number of hydrogen-bond acceptors (Lipinski definition) is 3. The van der Waals surface area contributed by atoms with Crippen LogP contribution in [0, 0.1) is 0 Å². The van der Waals surface area contributed by atoms with Crippen molar-refractivity contribution in [3.05, 3.63) is 47.5 Å². The molecule has 1 aromatic heterocycles. The Morgan fingerprint density at radius 3 is 2.95 bits per heavy atom. The van der Waals surface area contributed by atoms with Gasteiger partial charge in [-0.1, -0.05) is 24.3 Å². The quantitative estimate of drug-likeness (QED) is 0.909. The van der Waals surface area contributed by atoms with Crippen LogP contribution >= 0.6 is 0 Å². The average molecular weight is 257 g/mol. The van der Waals surface area contributed by atoms with Crippen LogP contribution in [0.15, 0.2) is 30.6 Å². The van der Waals surface area contributed by atoms with Gasteiger partial charge in [-0.05, 0) is 30.4 Å². The van der Waals surface area contributed by atoms with Gasteiger partial charge in [-0.3, -0.25) is 4.68 Å². The van der Waals surface area contributed by atoms with Crippen molar-refractivity contribution in [3.63, 3.8) is 0 Å². The first-order chi connectivity index (χ1) is 9.25. The highest BCUT2D eigenvalue weighted by molar-refractivity contribution is 5.37. The third-order valence-electron chi connectivity index (χ3n) is 4.29. The van der Waals surface area contributed by atoms with Crippen LogP contribution in [0.4, 0.5) is 0 Å². The van der Waals surface area contributed by atoms with Gasteiger partial charge in [-0.25, -0.2) is 4.98 Å². The lowest BCUT2D eigenvalue weighted by atomic mass is 9.68. The molecule has 1 aromatic carbocycles. The van der Waals surface area contributed by atoms with E-state index in [1.165, 1.54) is 11.1 Å². The SMILES string of the molecule is Cn1ncnc1CC1(CO)CCCc2ccccc21. The third kappa shape index (κ3) is 2.06. The fourth-order valence-corrected chi connectivity index (χ4v) is 3.19. The third-order valence-corrected chi connectivity index (χ3v) is 4.29. The van der Waals surface area contributed by atoms with Crippen LogP contribution in [0.1, 0.15) is 29.8 Å². The van der Waals surface area contributed by atoms with E-state index in [0.29, 0.717) is 0 Å². The molecule has 19 heavy (non-hydrogen) atoms. The molecule has 0 saturated heterocycles. The highest BCUT2D eigenvalue weighted by Crippen LogP contribution is 2.39. The Kier molecular flexibility index (Phi) is 3.11. The maximum Gasteiger partial charge on any atom is 0.138 e. The van der Waals surface area contributed by atoms with Gasteiger partial charge >= 0.3 is 0 Å². The summed E-state index contributed by atoms with van der Waals surface area (Å²) in [5, 5.41) is 14.1. The van der Waals surface area contributed by atoms with Gasteiger partial charge in [0.05, 0.1) is 6.61 Å². The maximum absolute atomic E-state index is 10.0. The van der Waals surface area contributed by atoms with E-state index in [4.69, 9.17) is 0 Å². The zero-order valence-corrected chi connectivity index (χ0v) is 11.2. The van der Waals surface area contributed by atoms with Gasteiger partial charge in [0, 0.05) is 18.9 Å². The van der Waals surface area contributed by atoms with Crippen molar-refractivity contribution in [1.82, 2.24) is 14.8 Å². The largest absolute Gasteiger partial charge is 0.395 e. The second-order valence-corrected chi connectivity index (χ2v) is 5.43. The number of aryl methyl sites for hydroxylation is 2. The zero-order valence-electron chi connectivity index (χ0n) is 11.2. The summed E-state index contributed by atoms with van der Waals surface area (Å²) >= 11 is 0. The van der Waals surface area contributed by atoms with Gasteiger partial charge in [0.2, 0.25) is 0 Å². The lowest BCUT2D eigenvalue weighted by molar-refractivity contribution is 0.170. The molecule has 1 unspecified atom stereocenters. The smallest absolute Gasteiger partial charge is 0.138 e. The minimum Gasteiger partial charge on any atom is -0.395 e. The predicted molar refractivity (Wildman–Crippen MR) is 72.9 cm³/mol. The Labute approximate surface area is 113 Å². The molecule has 1 N–H and O–H groups in total. The number of nitrogens with zero attached hydrogens (tertiary/aromatic N) is 3. The second-order valence-electron chi connectivity index (χ2n) is 5.43. The van der Waals surface area contributed by atoms with Crippen molar-refractivity contribution < 1.29 is 5.11 Å². The van der Waals surface area contributed by atoms with Crippen LogP contribution in [0.2, 0.25) is 0 Å². The van der Waals surface area contributed by atoms with E-state index >= 15 is 0 Å². The Hall–Kier alpha value is -1.68. The summed E-state index contributed by atoms with van der Waals surface area (Å²) in [6.07, 6.45) is 5.56. The predicted octanol–water partition coefficient (Wildman–Crippen LogP) is 1.62. The van der Waals surface area contributed by atoms with Gasteiger partial charge in [-0.15, -0.1) is 0 Å². The molecule has 0 saturated carbocycles. The Morgan fingerprint density at radius 2 is 2.21 bits per heavy atom. The molecule has 4 nitrogen and oxygen atoms in total. The fraction of sp³-hybridized carbons (Fsp3) is 0.467. The van der Waals surface area contributed by atoms with E-state index < -0.39 is 0 Å². The lowest BCUT2D eigenvalue weighted by Crippen LogP contribution is -2.37. The summed E-state index contributed by atoms with van der Waals surface area (Å²) in [7, 11) is 1.90. The maximum atomic E-state index is 10.0. The number of aromatic nitrogens is 3. The highest BCUT2D eigenvalue weighted by Gasteiger charge is 2.37. The minimum atomic E-state index is -0.199. The molecule has 1 aliphatic rings. The highest BCUT2D eigenvalue weighted by atomic mass is 16.3. The number of aliphatic hydroxyl groups excluding tert-OH is 1. The Morgan fingerprint density at radius 1 is 1.37 bits per heavy atom. The molecule has 2 aromatic rings. The van der Waals surface area contributed by atoms with Gasteiger partial charge in [0.1, 0.15) is 12.2 Å². The average Bonchev–Trinajstić information content (AvgIpc) is 2.84. The first kappa shape index (κ1) is 12.4. The van der Waals surface area contributed by atoms with Gasteiger partial charge in [0.15, 0.2) is 0 Å². The summed E-state index contributed by atoms with van der Waals surface area (Å²) in [6.45, 7) is 0.164. The summed E-state index contributed by atoms with van der Waals surface area (Å²) in [5.41, 5.74) is 2.45. The molecule has 0 aliphatic heterocycles. The fourth-order valence-electron chi connectivity index (χ4n) is 3.19. The van der Waals surface area contributed by atoms with E-state index in [1.54, 1.807) is 11.0 Å². The molecule has 3 rings (SSSR count). The van der Waals surface area contributed by atoms with Gasteiger partial charge in [0.25, 0.3) is 0 Å². The molecule has 0 amide bonds. The number of rotatable bonds is 3.